The maximum absolute atomic E-state index is 14.4. The molecule has 1 aliphatic heterocycles. The third-order valence-electron chi connectivity index (χ3n) is 4.59. The SMILES string of the molecule is O=C(Nc1ccc(-n2cccn2)c(F)c1)C1CCCN(c2ncccn2)C1. The molecule has 3 aromatic rings. The molecule has 3 heterocycles. The number of anilines is 2. The van der Waals surface area contributed by atoms with Gasteiger partial charge >= 0.3 is 0 Å². The van der Waals surface area contributed by atoms with E-state index in [1.807, 2.05) is 4.90 Å². The summed E-state index contributed by atoms with van der Waals surface area (Å²) in [5.41, 5.74) is 0.768. The predicted molar refractivity (Wildman–Crippen MR) is 99.1 cm³/mol. The van der Waals surface area contributed by atoms with Crippen LogP contribution in [0.1, 0.15) is 12.8 Å². The van der Waals surface area contributed by atoms with Crippen LogP contribution < -0.4 is 10.2 Å². The van der Waals surface area contributed by atoms with Crippen molar-refractivity contribution < 1.29 is 9.18 Å². The third kappa shape index (κ3) is 3.79. The van der Waals surface area contributed by atoms with E-state index in [0.717, 1.165) is 19.4 Å². The van der Waals surface area contributed by atoms with Gasteiger partial charge in [0, 0.05) is 43.6 Å². The second-order valence-corrected chi connectivity index (χ2v) is 6.44. The Hall–Kier alpha value is -3.29. The fourth-order valence-corrected chi connectivity index (χ4v) is 3.25. The number of hydrogen-bond donors (Lipinski definition) is 1. The second kappa shape index (κ2) is 7.53. The molecule has 27 heavy (non-hydrogen) atoms. The first-order chi connectivity index (χ1) is 13.2. The van der Waals surface area contributed by atoms with Gasteiger partial charge in [-0.2, -0.15) is 5.10 Å². The summed E-state index contributed by atoms with van der Waals surface area (Å²) in [6, 6.07) is 8.08. The maximum Gasteiger partial charge on any atom is 0.229 e. The van der Waals surface area contributed by atoms with Crippen molar-refractivity contribution in [3.63, 3.8) is 0 Å². The van der Waals surface area contributed by atoms with Gasteiger partial charge in [-0.05, 0) is 43.2 Å². The van der Waals surface area contributed by atoms with Crippen molar-refractivity contribution in [1.29, 1.82) is 0 Å². The topological polar surface area (TPSA) is 75.9 Å². The number of nitrogens with one attached hydrogen (secondary N) is 1. The van der Waals surface area contributed by atoms with Gasteiger partial charge in [0.25, 0.3) is 0 Å². The Morgan fingerprint density at radius 2 is 2.04 bits per heavy atom. The van der Waals surface area contributed by atoms with Gasteiger partial charge in [0.1, 0.15) is 5.69 Å². The Bertz CT molecular complexity index is 915. The lowest BCUT2D eigenvalue weighted by atomic mass is 9.97. The van der Waals surface area contributed by atoms with Crippen LogP contribution in [0.3, 0.4) is 0 Å². The number of piperidine rings is 1. The van der Waals surface area contributed by atoms with Gasteiger partial charge in [-0.3, -0.25) is 4.79 Å². The van der Waals surface area contributed by atoms with E-state index >= 15 is 0 Å². The minimum atomic E-state index is -0.445. The number of amides is 1. The molecule has 0 saturated carbocycles. The number of rotatable bonds is 4. The molecular formula is C19H19FN6O. The Morgan fingerprint density at radius 3 is 2.78 bits per heavy atom. The Morgan fingerprint density at radius 1 is 1.19 bits per heavy atom. The summed E-state index contributed by atoms with van der Waals surface area (Å²) in [7, 11) is 0. The van der Waals surface area contributed by atoms with Gasteiger partial charge in [0.2, 0.25) is 11.9 Å². The molecular weight excluding hydrogens is 347 g/mol. The molecule has 138 valence electrons. The normalized spacial score (nSPS) is 16.9. The number of benzene rings is 1. The highest BCUT2D eigenvalue weighted by atomic mass is 19.1. The van der Waals surface area contributed by atoms with Crippen LogP contribution in [0.4, 0.5) is 16.0 Å². The Balaban J connectivity index is 1.43. The molecule has 0 aliphatic carbocycles. The van der Waals surface area contributed by atoms with Gasteiger partial charge < -0.3 is 10.2 Å². The van der Waals surface area contributed by atoms with Crippen LogP contribution in [-0.4, -0.2) is 38.7 Å². The van der Waals surface area contributed by atoms with Crippen molar-refractivity contribution in [2.75, 3.05) is 23.3 Å². The van der Waals surface area contributed by atoms with Gasteiger partial charge in [0.05, 0.1) is 5.92 Å². The molecule has 1 unspecified atom stereocenters. The largest absolute Gasteiger partial charge is 0.340 e. The lowest BCUT2D eigenvalue weighted by Crippen LogP contribution is -2.41. The van der Waals surface area contributed by atoms with Gasteiger partial charge in [0.15, 0.2) is 5.82 Å². The molecule has 0 bridgehead atoms. The van der Waals surface area contributed by atoms with Gasteiger partial charge in [-0.1, -0.05) is 0 Å². The standard InChI is InChI=1S/C19H19FN6O/c20-16-12-15(5-6-17(16)26-11-3-9-23-26)24-18(27)14-4-1-10-25(13-14)19-21-7-2-8-22-19/h2-3,5-9,11-12,14H,1,4,10,13H2,(H,24,27). The van der Waals surface area contributed by atoms with Crippen LogP contribution >= 0.6 is 0 Å². The van der Waals surface area contributed by atoms with Gasteiger partial charge in [-0.25, -0.2) is 19.0 Å². The molecule has 1 N–H and O–H groups in total. The van der Waals surface area contributed by atoms with Crippen molar-refractivity contribution in [2.24, 2.45) is 5.92 Å². The first-order valence-corrected chi connectivity index (χ1v) is 8.83. The fourth-order valence-electron chi connectivity index (χ4n) is 3.25. The molecule has 0 spiro atoms. The highest BCUT2D eigenvalue weighted by molar-refractivity contribution is 5.93. The summed E-state index contributed by atoms with van der Waals surface area (Å²) in [4.78, 5) is 23.2. The van der Waals surface area contributed by atoms with Crippen LogP contribution in [0.15, 0.2) is 55.1 Å². The number of hydrogen-bond acceptors (Lipinski definition) is 5. The van der Waals surface area contributed by atoms with Crippen LogP contribution in [0.2, 0.25) is 0 Å². The molecule has 1 saturated heterocycles. The lowest BCUT2D eigenvalue weighted by Gasteiger charge is -2.31. The van der Waals surface area contributed by atoms with E-state index < -0.39 is 5.82 Å². The van der Waals surface area contributed by atoms with Crippen molar-refractivity contribution >= 4 is 17.5 Å². The molecule has 8 heteroatoms. The second-order valence-electron chi connectivity index (χ2n) is 6.44. The quantitative estimate of drug-likeness (QED) is 0.768. The summed E-state index contributed by atoms with van der Waals surface area (Å²) in [5, 5.41) is 6.84. The average molecular weight is 366 g/mol. The third-order valence-corrected chi connectivity index (χ3v) is 4.59. The summed E-state index contributed by atoms with van der Waals surface area (Å²) in [6.07, 6.45) is 8.29. The molecule has 1 fully saturated rings. The smallest absolute Gasteiger partial charge is 0.229 e. The molecule has 1 aromatic carbocycles. The Labute approximate surface area is 155 Å². The summed E-state index contributed by atoms with van der Waals surface area (Å²) in [6.45, 7) is 1.37. The number of carbonyl (C=O) groups is 1. The molecule has 1 atom stereocenters. The molecule has 4 rings (SSSR count). The van der Waals surface area contributed by atoms with E-state index in [1.165, 1.54) is 10.7 Å². The predicted octanol–water partition coefficient (Wildman–Crippen LogP) is 2.66. The molecule has 7 nitrogen and oxygen atoms in total. The van der Waals surface area contributed by atoms with Crippen molar-refractivity contribution in [3.8, 4) is 5.69 Å². The summed E-state index contributed by atoms with van der Waals surface area (Å²) in [5.74, 6) is -0.137. The summed E-state index contributed by atoms with van der Waals surface area (Å²) >= 11 is 0. The van der Waals surface area contributed by atoms with E-state index in [9.17, 15) is 9.18 Å². The zero-order valence-corrected chi connectivity index (χ0v) is 14.6. The van der Waals surface area contributed by atoms with Crippen molar-refractivity contribution in [2.45, 2.75) is 12.8 Å². The molecule has 0 radical (unpaired) electrons. The van der Waals surface area contributed by atoms with E-state index in [4.69, 9.17) is 0 Å². The zero-order chi connectivity index (χ0) is 18.6. The minimum absolute atomic E-state index is 0.123. The van der Waals surface area contributed by atoms with Crippen LogP contribution in [0.5, 0.6) is 0 Å². The fraction of sp³-hybridized carbons (Fsp3) is 0.263. The molecule has 2 aromatic heterocycles. The monoisotopic (exact) mass is 366 g/mol. The summed E-state index contributed by atoms with van der Waals surface area (Å²) < 4.78 is 15.8. The van der Waals surface area contributed by atoms with Crippen molar-refractivity contribution in [1.82, 2.24) is 19.7 Å². The number of aromatic nitrogens is 4. The number of halogens is 1. The van der Waals surface area contributed by atoms with E-state index in [0.29, 0.717) is 23.9 Å². The first-order valence-electron chi connectivity index (χ1n) is 8.83. The van der Waals surface area contributed by atoms with Gasteiger partial charge in [-0.15, -0.1) is 0 Å². The first kappa shape index (κ1) is 17.1. The highest BCUT2D eigenvalue weighted by Gasteiger charge is 2.27. The lowest BCUT2D eigenvalue weighted by molar-refractivity contribution is -0.120. The molecule has 1 amide bonds. The van der Waals surface area contributed by atoms with E-state index in [-0.39, 0.29) is 11.8 Å². The Kier molecular flexibility index (Phi) is 4.78. The number of carbonyl (C=O) groups excluding carboxylic acids is 1. The van der Waals surface area contributed by atoms with Crippen LogP contribution in [-0.2, 0) is 4.79 Å². The van der Waals surface area contributed by atoms with Crippen molar-refractivity contribution in [3.05, 3.63) is 60.9 Å². The maximum atomic E-state index is 14.4. The highest BCUT2D eigenvalue weighted by Crippen LogP contribution is 2.23. The van der Waals surface area contributed by atoms with Crippen LogP contribution in [0, 0.1) is 11.7 Å². The van der Waals surface area contributed by atoms with E-state index in [2.05, 4.69) is 20.4 Å². The van der Waals surface area contributed by atoms with Crippen LogP contribution in [0.25, 0.3) is 5.69 Å². The molecule has 1 aliphatic rings. The minimum Gasteiger partial charge on any atom is -0.340 e. The zero-order valence-electron chi connectivity index (χ0n) is 14.6. The van der Waals surface area contributed by atoms with E-state index in [1.54, 1.807) is 49.1 Å². The average Bonchev–Trinajstić information content (AvgIpc) is 3.23. The number of nitrogens with zero attached hydrogens (tertiary/aromatic N) is 5.